The maximum absolute atomic E-state index is 5.68. The predicted molar refractivity (Wildman–Crippen MR) is 61.2 cm³/mol. The van der Waals surface area contributed by atoms with E-state index in [9.17, 15) is 0 Å². The van der Waals surface area contributed by atoms with Crippen LogP contribution in [-0.2, 0) is 9.47 Å². The Balaban J connectivity index is 2.16. The van der Waals surface area contributed by atoms with E-state index >= 15 is 0 Å². The van der Waals surface area contributed by atoms with Gasteiger partial charge in [-0.15, -0.1) is 0 Å². The van der Waals surface area contributed by atoms with Gasteiger partial charge in [0.1, 0.15) is 0 Å². The molecule has 90 valence electrons. The van der Waals surface area contributed by atoms with Crippen molar-refractivity contribution in [3.05, 3.63) is 0 Å². The Morgan fingerprint density at radius 2 is 2.40 bits per heavy atom. The highest BCUT2D eigenvalue weighted by Crippen LogP contribution is 2.02. The molecule has 4 heteroatoms. The van der Waals surface area contributed by atoms with E-state index in [1.807, 2.05) is 0 Å². The highest BCUT2D eigenvalue weighted by molar-refractivity contribution is 4.74. The molecular weight excluding hydrogens is 192 g/mol. The molecule has 2 atom stereocenters. The van der Waals surface area contributed by atoms with Crippen LogP contribution < -0.4 is 5.32 Å². The van der Waals surface area contributed by atoms with E-state index in [0.717, 1.165) is 39.3 Å². The van der Waals surface area contributed by atoms with Gasteiger partial charge in [0.2, 0.25) is 0 Å². The van der Waals surface area contributed by atoms with Crippen LogP contribution in [0.3, 0.4) is 0 Å². The minimum atomic E-state index is 0.328. The molecule has 0 aromatic carbocycles. The van der Waals surface area contributed by atoms with Crippen LogP contribution in [0.2, 0.25) is 0 Å². The molecule has 1 heterocycles. The van der Waals surface area contributed by atoms with Gasteiger partial charge < -0.3 is 19.7 Å². The number of likely N-dealkylation sites (N-methyl/N-ethyl adjacent to an activating group) is 1. The van der Waals surface area contributed by atoms with Gasteiger partial charge in [-0.25, -0.2) is 0 Å². The molecule has 1 saturated heterocycles. The zero-order valence-corrected chi connectivity index (χ0v) is 10.2. The van der Waals surface area contributed by atoms with Crippen molar-refractivity contribution in [2.24, 2.45) is 0 Å². The van der Waals surface area contributed by atoms with E-state index in [1.54, 1.807) is 7.11 Å². The van der Waals surface area contributed by atoms with Crippen molar-refractivity contribution in [1.29, 1.82) is 0 Å². The second-order valence-electron chi connectivity index (χ2n) is 4.22. The average molecular weight is 216 g/mol. The molecule has 0 aliphatic carbocycles. The molecule has 15 heavy (non-hydrogen) atoms. The maximum Gasteiger partial charge on any atom is 0.0826 e. The van der Waals surface area contributed by atoms with Crippen LogP contribution in [-0.4, -0.2) is 64.1 Å². The highest BCUT2D eigenvalue weighted by atomic mass is 16.5. The number of nitrogens with zero attached hydrogens (tertiary/aromatic N) is 1. The summed E-state index contributed by atoms with van der Waals surface area (Å²) in [4.78, 5) is 2.31. The molecule has 1 rings (SSSR count). The molecule has 0 bridgehead atoms. The van der Waals surface area contributed by atoms with Crippen LogP contribution in [0.15, 0.2) is 0 Å². The predicted octanol–water partition coefficient (Wildman–Crippen LogP) is 0.332. The molecular formula is C11H24N2O2. The van der Waals surface area contributed by atoms with Crippen LogP contribution >= 0.6 is 0 Å². The molecule has 1 N–H and O–H groups in total. The second-order valence-corrected chi connectivity index (χ2v) is 4.22. The fourth-order valence-electron chi connectivity index (χ4n) is 1.81. The van der Waals surface area contributed by atoms with Gasteiger partial charge in [0, 0.05) is 32.8 Å². The molecule has 0 radical (unpaired) electrons. The summed E-state index contributed by atoms with van der Waals surface area (Å²) in [6.07, 6.45) is 1.42. The Morgan fingerprint density at radius 3 is 3.00 bits per heavy atom. The van der Waals surface area contributed by atoms with Gasteiger partial charge >= 0.3 is 0 Å². The van der Waals surface area contributed by atoms with Gasteiger partial charge in [-0.1, -0.05) is 6.92 Å². The molecule has 1 aliphatic heterocycles. The summed E-state index contributed by atoms with van der Waals surface area (Å²) in [5.41, 5.74) is 0. The summed E-state index contributed by atoms with van der Waals surface area (Å²) in [6, 6.07) is 0.450. The lowest BCUT2D eigenvalue weighted by Crippen LogP contribution is -2.47. The largest absolute Gasteiger partial charge is 0.383 e. The molecule has 1 fully saturated rings. The zero-order chi connectivity index (χ0) is 11.1. The first-order valence-electron chi connectivity index (χ1n) is 5.78. The average Bonchev–Trinajstić information content (AvgIpc) is 2.24. The smallest absolute Gasteiger partial charge is 0.0826 e. The van der Waals surface area contributed by atoms with Crippen LogP contribution in [0.5, 0.6) is 0 Å². The lowest BCUT2D eigenvalue weighted by molar-refractivity contribution is -0.0204. The molecule has 0 spiro atoms. The summed E-state index contributed by atoms with van der Waals surface area (Å²) in [7, 11) is 3.89. The van der Waals surface area contributed by atoms with Crippen LogP contribution in [0, 0.1) is 0 Å². The molecule has 1 aliphatic rings. The lowest BCUT2D eigenvalue weighted by Gasteiger charge is -2.31. The Kier molecular flexibility index (Phi) is 6.17. The van der Waals surface area contributed by atoms with E-state index in [2.05, 4.69) is 24.2 Å². The number of hydrogen-bond acceptors (Lipinski definition) is 4. The number of nitrogens with one attached hydrogen (secondary N) is 1. The van der Waals surface area contributed by atoms with Crippen LogP contribution in [0.1, 0.15) is 13.3 Å². The Labute approximate surface area is 92.9 Å². The minimum Gasteiger partial charge on any atom is -0.383 e. The molecule has 0 saturated carbocycles. The first-order chi connectivity index (χ1) is 7.26. The van der Waals surface area contributed by atoms with Gasteiger partial charge in [-0.2, -0.15) is 0 Å². The van der Waals surface area contributed by atoms with E-state index in [-0.39, 0.29) is 0 Å². The number of methoxy groups -OCH3 is 1. The van der Waals surface area contributed by atoms with Crippen molar-refractivity contribution >= 4 is 0 Å². The summed E-state index contributed by atoms with van der Waals surface area (Å²) in [5, 5.41) is 3.48. The summed E-state index contributed by atoms with van der Waals surface area (Å²) >= 11 is 0. The molecule has 0 aromatic heterocycles. The van der Waals surface area contributed by atoms with Crippen molar-refractivity contribution < 1.29 is 9.47 Å². The Hall–Kier alpha value is -0.160. The van der Waals surface area contributed by atoms with E-state index in [4.69, 9.17) is 9.47 Å². The van der Waals surface area contributed by atoms with Crippen LogP contribution in [0.25, 0.3) is 0 Å². The van der Waals surface area contributed by atoms with Crippen LogP contribution in [0.4, 0.5) is 0 Å². The van der Waals surface area contributed by atoms with Crippen molar-refractivity contribution in [3.63, 3.8) is 0 Å². The maximum atomic E-state index is 5.68. The Bertz CT molecular complexity index is 167. The van der Waals surface area contributed by atoms with Gasteiger partial charge in [-0.3, -0.25) is 0 Å². The van der Waals surface area contributed by atoms with Crippen molar-refractivity contribution in [2.75, 3.05) is 47.0 Å². The normalized spacial score (nSPS) is 25.4. The summed E-state index contributed by atoms with van der Waals surface area (Å²) in [5.74, 6) is 0. The number of ether oxygens (including phenoxy) is 2. The third-order valence-electron chi connectivity index (χ3n) is 2.84. The first kappa shape index (κ1) is 12.9. The quantitative estimate of drug-likeness (QED) is 0.694. The molecule has 0 aromatic rings. The van der Waals surface area contributed by atoms with Crippen molar-refractivity contribution in [1.82, 2.24) is 10.2 Å². The van der Waals surface area contributed by atoms with Crippen molar-refractivity contribution in [3.8, 4) is 0 Å². The Morgan fingerprint density at radius 1 is 1.60 bits per heavy atom. The first-order valence-corrected chi connectivity index (χ1v) is 5.78. The van der Waals surface area contributed by atoms with Gasteiger partial charge in [0.15, 0.2) is 0 Å². The number of rotatable bonds is 6. The standard InChI is InChI=1S/C11H24N2O2/c1-4-10(9-14-3)12-7-11-8-13(2)5-6-15-11/h10-12H,4-9H2,1-3H3. The summed E-state index contributed by atoms with van der Waals surface area (Å²) < 4.78 is 10.8. The SMILES string of the molecule is CCC(COC)NCC1CN(C)CCO1. The van der Waals surface area contributed by atoms with Gasteiger partial charge in [-0.05, 0) is 13.5 Å². The zero-order valence-electron chi connectivity index (χ0n) is 10.2. The summed E-state index contributed by atoms with van der Waals surface area (Å²) in [6.45, 7) is 6.79. The second kappa shape index (κ2) is 7.17. The minimum absolute atomic E-state index is 0.328. The molecule has 0 amide bonds. The monoisotopic (exact) mass is 216 g/mol. The lowest BCUT2D eigenvalue weighted by atomic mass is 10.2. The fourth-order valence-corrected chi connectivity index (χ4v) is 1.81. The van der Waals surface area contributed by atoms with Crippen molar-refractivity contribution in [2.45, 2.75) is 25.5 Å². The molecule has 4 nitrogen and oxygen atoms in total. The van der Waals surface area contributed by atoms with E-state index in [0.29, 0.717) is 12.1 Å². The van der Waals surface area contributed by atoms with Gasteiger partial charge in [0.05, 0.1) is 19.3 Å². The number of morpholine rings is 1. The van der Waals surface area contributed by atoms with Gasteiger partial charge in [0.25, 0.3) is 0 Å². The van der Waals surface area contributed by atoms with E-state index < -0.39 is 0 Å². The highest BCUT2D eigenvalue weighted by Gasteiger charge is 2.18. The third kappa shape index (κ3) is 4.93. The number of hydrogen-bond donors (Lipinski definition) is 1. The topological polar surface area (TPSA) is 33.7 Å². The third-order valence-corrected chi connectivity index (χ3v) is 2.84. The van der Waals surface area contributed by atoms with E-state index in [1.165, 1.54) is 0 Å². The fraction of sp³-hybridized carbons (Fsp3) is 1.00. The molecule has 2 unspecified atom stereocenters.